The lowest BCUT2D eigenvalue weighted by Gasteiger charge is -2.12. The molecule has 2 aromatic rings. The Kier molecular flexibility index (Phi) is 4.45. The Morgan fingerprint density at radius 2 is 1.72 bits per heavy atom. The molecule has 96 valence electrons. The van der Waals surface area contributed by atoms with Crippen LogP contribution in [0.25, 0.3) is 0 Å². The maximum Gasteiger partial charge on any atom is 0.0833 e. The molecule has 0 atom stereocenters. The van der Waals surface area contributed by atoms with Crippen LogP contribution in [-0.2, 0) is 19.6 Å². The summed E-state index contributed by atoms with van der Waals surface area (Å²) in [4.78, 5) is 0. The van der Waals surface area contributed by atoms with Crippen LogP contribution in [0.4, 0.5) is 0 Å². The van der Waals surface area contributed by atoms with Gasteiger partial charge in [0, 0.05) is 23.0 Å². The summed E-state index contributed by atoms with van der Waals surface area (Å²) in [5.74, 6) is 0. The average molecular weight is 264 g/mol. The number of rotatable bonds is 5. The summed E-state index contributed by atoms with van der Waals surface area (Å²) < 4.78 is 2.19. The van der Waals surface area contributed by atoms with E-state index >= 15 is 0 Å². The van der Waals surface area contributed by atoms with Gasteiger partial charge in [0.1, 0.15) is 0 Å². The van der Waals surface area contributed by atoms with E-state index < -0.39 is 0 Å². The Hall–Kier alpha value is -1.25. The lowest BCUT2D eigenvalue weighted by atomic mass is 10.2. The third-order valence-corrected chi connectivity index (χ3v) is 3.34. The monoisotopic (exact) mass is 263 g/mol. The van der Waals surface area contributed by atoms with E-state index in [1.807, 2.05) is 30.3 Å². The molecule has 1 N–H and O–H groups in total. The van der Waals surface area contributed by atoms with Gasteiger partial charge in [-0.3, -0.25) is 0 Å². The zero-order valence-corrected chi connectivity index (χ0v) is 11.3. The zero-order chi connectivity index (χ0) is 13.0. The molecule has 1 aromatic carbocycles. The molecule has 0 bridgehead atoms. The second kappa shape index (κ2) is 6.07. The number of aliphatic hydroxyl groups is 1. The molecule has 2 nitrogen and oxygen atoms in total. The lowest BCUT2D eigenvalue weighted by molar-refractivity contribution is 0.271. The highest BCUT2D eigenvalue weighted by Gasteiger charge is 2.07. The molecule has 18 heavy (non-hydrogen) atoms. The third kappa shape index (κ3) is 2.95. The standard InChI is InChI=1S/C15H18ClNO/c1-2-3-14-8-9-15(11-18)17(14)10-12-4-6-13(16)7-5-12/h4-9,18H,2-3,10-11H2,1H3. The first-order valence-electron chi connectivity index (χ1n) is 6.27. The van der Waals surface area contributed by atoms with Crippen molar-refractivity contribution in [2.45, 2.75) is 32.9 Å². The van der Waals surface area contributed by atoms with E-state index in [9.17, 15) is 5.11 Å². The number of benzene rings is 1. The molecule has 0 aliphatic heterocycles. The molecule has 0 spiro atoms. The molecule has 0 saturated heterocycles. The van der Waals surface area contributed by atoms with E-state index in [0.29, 0.717) is 0 Å². The van der Waals surface area contributed by atoms with Gasteiger partial charge in [0.15, 0.2) is 0 Å². The number of hydrogen-bond acceptors (Lipinski definition) is 1. The van der Waals surface area contributed by atoms with E-state index in [1.165, 1.54) is 11.3 Å². The summed E-state index contributed by atoms with van der Waals surface area (Å²) in [7, 11) is 0. The second-order valence-corrected chi connectivity index (χ2v) is 4.87. The van der Waals surface area contributed by atoms with Crippen LogP contribution in [0.3, 0.4) is 0 Å². The van der Waals surface area contributed by atoms with Crippen molar-refractivity contribution in [3.63, 3.8) is 0 Å². The van der Waals surface area contributed by atoms with E-state index in [4.69, 9.17) is 11.6 Å². The van der Waals surface area contributed by atoms with Gasteiger partial charge in [-0.2, -0.15) is 0 Å². The fraction of sp³-hybridized carbons (Fsp3) is 0.333. The highest BCUT2D eigenvalue weighted by Crippen LogP contribution is 2.16. The fourth-order valence-electron chi connectivity index (χ4n) is 2.14. The molecule has 0 aliphatic carbocycles. The van der Waals surface area contributed by atoms with Gasteiger partial charge in [-0.05, 0) is 36.2 Å². The summed E-state index contributed by atoms with van der Waals surface area (Å²) in [5, 5.41) is 10.1. The van der Waals surface area contributed by atoms with E-state index in [0.717, 1.165) is 30.1 Å². The van der Waals surface area contributed by atoms with Crippen LogP contribution in [0.5, 0.6) is 0 Å². The van der Waals surface area contributed by atoms with Gasteiger partial charge in [-0.25, -0.2) is 0 Å². The van der Waals surface area contributed by atoms with Crippen molar-refractivity contribution in [2.24, 2.45) is 0 Å². The van der Waals surface area contributed by atoms with Crippen molar-refractivity contribution in [3.05, 3.63) is 58.4 Å². The molecular formula is C15H18ClNO. The quantitative estimate of drug-likeness (QED) is 0.876. The molecular weight excluding hydrogens is 246 g/mol. The van der Waals surface area contributed by atoms with Crippen LogP contribution < -0.4 is 0 Å². The van der Waals surface area contributed by atoms with Gasteiger partial charge in [0.25, 0.3) is 0 Å². The number of aromatic nitrogens is 1. The predicted molar refractivity (Wildman–Crippen MR) is 74.9 cm³/mol. The van der Waals surface area contributed by atoms with E-state index in [1.54, 1.807) is 0 Å². The van der Waals surface area contributed by atoms with E-state index in [2.05, 4.69) is 17.6 Å². The van der Waals surface area contributed by atoms with Gasteiger partial charge in [-0.1, -0.05) is 37.1 Å². The minimum absolute atomic E-state index is 0.0807. The molecule has 0 radical (unpaired) electrons. The summed E-state index contributed by atoms with van der Waals surface area (Å²) in [6.07, 6.45) is 2.14. The molecule has 0 aliphatic rings. The maximum absolute atomic E-state index is 9.38. The first kappa shape index (κ1) is 13.2. The molecule has 0 amide bonds. The number of halogens is 1. The fourth-order valence-corrected chi connectivity index (χ4v) is 2.27. The van der Waals surface area contributed by atoms with Gasteiger partial charge in [0.05, 0.1) is 6.61 Å². The average Bonchev–Trinajstić information content (AvgIpc) is 2.75. The van der Waals surface area contributed by atoms with Crippen molar-refractivity contribution < 1.29 is 5.11 Å². The molecule has 1 heterocycles. The molecule has 1 aromatic heterocycles. The first-order valence-corrected chi connectivity index (χ1v) is 6.65. The van der Waals surface area contributed by atoms with Crippen molar-refractivity contribution in [3.8, 4) is 0 Å². The highest BCUT2D eigenvalue weighted by molar-refractivity contribution is 6.30. The van der Waals surface area contributed by atoms with Gasteiger partial charge < -0.3 is 9.67 Å². The molecule has 0 unspecified atom stereocenters. The number of aryl methyl sites for hydroxylation is 1. The third-order valence-electron chi connectivity index (χ3n) is 3.08. The number of aliphatic hydroxyl groups excluding tert-OH is 1. The molecule has 3 heteroatoms. The first-order chi connectivity index (χ1) is 8.74. The van der Waals surface area contributed by atoms with Crippen LogP contribution in [-0.4, -0.2) is 9.67 Å². The zero-order valence-electron chi connectivity index (χ0n) is 10.6. The SMILES string of the molecule is CCCc1ccc(CO)n1Cc1ccc(Cl)cc1. The van der Waals surface area contributed by atoms with Crippen LogP contribution in [0.1, 0.15) is 30.3 Å². The second-order valence-electron chi connectivity index (χ2n) is 4.44. The lowest BCUT2D eigenvalue weighted by Crippen LogP contribution is -2.08. The van der Waals surface area contributed by atoms with Crippen LogP contribution in [0.15, 0.2) is 36.4 Å². The van der Waals surface area contributed by atoms with Crippen LogP contribution in [0, 0.1) is 0 Å². The van der Waals surface area contributed by atoms with Crippen molar-refractivity contribution >= 4 is 11.6 Å². The summed E-state index contributed by atoms with van der Waals surface area (Å²) in [6.45, 7) is 3.03. The van der Waals surface area contributed by atoms with E-state index in [-0.39, 0.29) is 6.61 Å². The minimum atomic E-state index is 0.0807. The Balaban J connectivity index is 2.26. The van der Waals surface area contributed by atoms with Crippen molar-refractivity contribution in [2.75, 3.05) is 0 Å². The van der Waals surface area contributed by atoms with Gasteiger partial charge in [-0.15, -0.1) is 0 Å². The highest BCUT2D eigenvalue weighted by atomic mass is 35.5. The van der Waals surface area contributed by atoms with Crippen LogP contribution >= 0.6 is 11.6 Å². The Morgan fingerprint density at radius 3 is 2.33 bits per heavy atom. The van der Waals surface area contributed by atoms with Crippen LogP contribution in [0.2, 0.25) is 5.02 Å². The summed E-state index contributed by atoms with van der Waals surface area (Å²) >= 11 is 5.89. The smallest absolute Gasteiger partial charge is 0.0833 e. The van der Waals surface area contributed by atoms with Gasteiger partial charge in [0.2, 0.25) is 0 Å². The number of hydrogen-bond donors (Lipinski definition) is 1. The van der Waals surface area contributed by atoms with Crippen molar-refractivity contribution in [1.82, 2.24) is 4.57 Å². The van der Waals surface area contributed by atoms with Gasteiger partial charge >= 0.3 is 0 Å². The normalized spacial score (nSPS) is 10.8. The molecule has 0 saturated carbocycles. The largest absolute Gasteiger partial charge is 0.390 e. The maximum atomic E-state index is 9.38. The topological polar surface area (TPSA) is 25.2 Å². The Labute approximate surface area is 113 Å². The Bertz CT molecular complexity index is 502. The molecule has 2 rings (SSSR count). The minimum Gasteiger partial charge on any atom is -0.390 e. The number of nitrogens with zero attached hydrogens (tertiary/aromatic N) is 1. The molecule has 0 fully saturated rings. The summed E-state index contributed by atoms with van der Waals surface area (Å²) in [6, 6.07) is 12.0. The predicted octanol–water partition coefficient (Wildman–Crippen LogP) is 3.63. The van der Waals surface area contributed by atoms with Crippen molar-refractivity contribution in [1.29, 1.82) is 0 Å². The Morgan fingerprint density at radius 1 is 1.06 bits per heavy atom. The summed E-state index contributed by atoms with van der Waals surface area (Å²) in [5.41, 5.74) is 3.44.